The Morgan fingerprint density at radius 1 is 1.24 bits per heavy atom. The van der Waals surface area contributed by atoms with Crippen LogP contribution in [0.2, 0.25) is 0 Å². The van der Waals surface area contributed by atoms with E-state index in [-0.39, 0.29) is 24.2 Å². The molecule has 0 aromatic heterocycles. The molecule has 2 aromatic rings. The molecule has 1 aliphatic heterocycles. The second kappa shape index (κ2) is 7.23. The maximum Gasteiger partial charge on any atom is 0.220 e. The summed E-state index contributed by atoms with van der Waals surface area (Å²) in [6.07, 6.45) is 0.964. The highest BCUT2D eigenvalue weighted by Gasteiger charge is 2.42. The molecule has 0 aliphatic carbocycles. The molecular weight excluding hydrogens is 319 g/mol. The Hall–Kier alpha value is -2.40. The average molecular weight is 342 g/mol. The molecule has 2 N–H and O–H groups in total. The van der Waals surface area contributed by atoms with Gasteiger partial charge in [0.2, 0.25) is 5.91 Å². The van der Waals surface area contributed by atoms with Crippen LogP contribution in [-0.4, -0.2) is 37.6 Å². The Balaban J connectivity index is 1.83. The first-order valence-corrected chi connectivity index (χ1v) is 8.42. The van der Waals surface area contributed by atoms with Crippen molar-refractivity contribution in [1.82, 2.24) is 4.90 Å². The molecule has 0 atom stereocenters. The lowest BCUT2D eigenvalue weighted by Gasteiger charge is -2.49. The smallest absolute Gasteiger partial charge is 0.220 e. The number of halogens is 1. The van der Waals surface area contributed by atoms with Gasteiger partial charge in [0.1, 0.15) is 0 Å². The zero-order chi connectivity index (χ0) is 17.9. The number of likely N-dealkylation sites (tertiary alicyclic amines) is 1. The second-order valence-electron chi connectivity index (χ2n) is 6.82. The molecule has 0 radical (unpaired) electrons. The van der Waals surface area contributed by atoms with Gasteiger partial charge in [-0.15, -0.1) is 0 Å². The van der Waals surface area contributed by atoms with E-state index in [0.29, 0.717) is 0 Å². The Kier molecular flexibility index (Phi) is 5.04. The van der Waals surface area contributed by atoms with Gasteiger partial charge in [0.05, 0.1) is 13.0 Å². The molecule has 3 rings (SSSR count). The summed E-state index contributed by atoms with van der Waals surface area (Å²) >= 11 is 0. The molecule has 0 bridgehead atoms. The van der Waals surface area contributed by atoms with Crippen molar-refractivity contribution < 1.29 is 13.9 Å². The molecule has 4 nitrogen and oxygen atoms in total. The van der Waals surface area contributed by atoms with Crippen molar-refractivity contribution in [2.75, 3.05) is 26.7 Å². The lowest BCUT2D eigenvalue weighted by Crippen LogP contribution is -2.58. The summed E-state index contributed by atoms with van der Waals surface area (Å²) in [6.45, 7) is 1.91. The van der Waals surface area contributed by atoms with Crippen LogP contribution in [0.25, 0.3) is 0 Å². The van der Waals surface area contributed by atoms with Crippen LogP contribution in [0.4, 0.5) is 4.39 Å². The normalized spacial score (nSPS) is 16.2. The molecule has 1 fully saturated rings. The third-order valence-electron chi connectivity index (χ3n) is 4.68. The zero-order valence-electron chi connectivity index (χ0n) is 14.4. The van der Waals surface area contributed by atoms with Gasteiger partial charge in [-0.25, -0.2) is 4.39 Å². The number of carbonyl (C=O) groups is 1. The van der Waals surface area contributed by atoms with E-state index >= 15 is 0 Å². The SMILES string of the molecule is CN1CC(Cc2ccccc2)(c2ccc(F)c(OCCC(N)=O)c2)C1. The fourth-order valence-electron chi connectivity index (χ4n) is 3.58. The fraction of sp³-hybridized carbons (Fsp3) is 0.350. The molecule has 1 amide bonds. The van der Waals surface area contributed by atoms with E-state index in [1.165, 1.54) is 11.6 Å². The first-order chi connectivity index (χ1) is 12.0. The zero-order valence-corrected chi connectivity index (χ0v) is 14.4. The predicted octanol–water partition coefficient (Wildman–Crippen LogP) is 2.51. The summed E-state index contributed by atoms with van der Waals surface area (Å²) in [6, 6.07) is 15.4. The highest BCUT2D eigenvalue weighted by atomic mass is 19.1. The lowest BCUT2D eigenvalue weighted by molar-refractivity contribution is -0.118. The van der Waals surface area contributed by atoms with Crippen molar-refractivity contribution in [2.45, 2.75) is 18.3 Å². The van der Waals surface area contributed by atoms with Crippen LogP contribution >= 0.6 is 0 Å². The van der Waals surface area contributed by atoms with E-state index in [4.69, 9.17) is 10.5 Å². The molecule has 132 valence electrons. The number of carbonyl (C=O) groups excluding carboxylic acids is 1. The standard InChI is InChI=1S/C20H23FN2O2/c1-23-13-20(14-23,12-15-5-3-2-4-6-15)16-7-8-17(21)18(11-16)25-10-9-19(22)24/h2-8,11H,9-10,12-14H2,1H3,(H2,22,24). The molecule has 5 heteroatoms. The Labute approximate surface area is 147 Å². The topological polar surface area (TPSA) is 55.6 Å². The highest BCUT2D eigenvalue weighted by Crippen LogP contribution is 2.38. The summed E-state index contributed by atoms with van der Waals surface area (Å²) in [5.74, 6) is -0.700. The maximum absolute atomic E-state index is 14.1. The number of nitrogens with two attached hydrogens (primary N) is 1. The molecular formula is C20H23FN2O2. The van der Waals surface area contributed by atoms with Gasteiger partial charge >= 0.3 is 0 Å². The van der Waals surface area contributed by atoms with Crippen LogP contribution in [0.3, 0.4) is 0 Å². The molecule has 1 saturated heterocycles. The predicted molar refractivity (Wildman–Crippen MR) is 95.0 cm³/mol. The number of hydrogen-bond donors (Lipinski definition) is 1. The fourth-order valence-corrected chi connectivity index (χ4v) is 3.58. The van der Waals surface area contributed by atoms with Gasteiger partial charge in [-0.1, -0.05) is 36.4 Å². The minimum Gasteiger partial charge on any atom is -0.490 e. The van der Waals surface area contributed by atoms with E-state index in [1.54, 1.807) is 6.07 Å². The number of benzene rings is 2. The van der Waals surface area contributed by atoms with Crippen molar-refractivity contribution in [3.8, 4) is 5.75 Å². The molecule has 2 aromatic carbocycles. The number of primary amides is 1. The summed E-state index contributed by atoms with van der Waals surface area (Å²) in [7, 11) is 2.08. The van der Waals surface area contributed by atoms with Crippen molar-refractivity contribution in [2.24, 2.45) is 5.73 Å². The summed E-state index contributed by atoms with van der Waals surface area (Å²) < 4.78 is 19.5. The number of likely N-dealkylation sites (N-methyl/N-ethyl adjacent to an activating group) is 1. The van der Waals surface area contributed by atoms with Crippen molar-refractivity contribution in [1.29, 1.82) is 0 Å². The van der Waals surface area contributed by atoms with Gasteiger partial charge in [0, 0.05) is 18.5 Å². The van der Waals surface area contributed by atoms with Gasteiger partial charge in [-0.05, 0) is 36.7 Å². The minimum absolute atomic E-state index is 0.0500. The van der Waals surface area contributed by atoms with E-state index in [2.05, 4.69) is 24.1 Å². The molecule has 1 heterocycles. The largest absolute Gasteiger partial charge is 0.490 e. The first kappa shape index (κ1) is 17.4. The van der Waals surface area contributed by atoms with E-state index in [1.807, 2.05) is 24.3 Å². The van der Waals surface area contributed by atoms with Crippen LogP contribution in [0, 0.1) is 5.82 Å². The summed E-state index contributed by atoms with van der Waals surface area (Å²) in [4.78, 5) is 13.1. The lowest BCUT2D eigenvalue weighted by atomic mass is 9.70. The number of nitrogens with zero attached hydrogens (tertiary/aromatic N) is 1. The number of hydrogen-bond acceptors (Lipinski definition) is 3. The number of rotatable bonds is 7. The molecule has 1 aliphatic rings. The third-order valence-corrected chi connectivity index (χ3v) is 4.68. The summed E-state index contributed by atoms with van der Waals surface area (Å²) in [5.41, 5.74) is 7.38. The molecule has 25 heavy (non-hydrogen) atoms. The Morgan fingerprint density at radius 3 is 2.60 bits per heavy atom. The van der Waals surface area contributed by atoms with Crippen molar-refractivity contribution in [3.05, 3.63) is 65.5 Å². The van der Waals surface area contributed by atoms with Gasteiger partial charge in [0.15, 0.2) is 11.6 Å². The van der Waals surface area contributed by atoms with E-state index in [0.717, 1.165) is 25.1 Å². The maximum atomic E-state index is 14.1. The monoisotopic (exact) mass is 342 g/mol. The number of ether oxygens (including phenoxy) is 1. The van der Waals surface area contributed by atoms with E-state index < -0.39 is 11.7 Å². The average Bonchev–Trinajstić information content (AvgIpc) is 2.55. The summed E-state index contributed by atoms with van der Waals surface area (Å²) in [5, 5.41) is 0. The molecule has 0 spiro atoms. The van der Waals surface area contributed by atoms with Gasteiger partial charge in [0.25, 0.3) is 0 Å². The molecule has 0 unspecified atom stereocenters. The highest BCUT2D eigenvalue weighted by molar-refractivity contribution is 5.73. The van der Waals surface area contributed by atoms with Crippen LogP contribution in [0.15, 0.2) is 48.5 Å². The second-order valence-corrected chi connectivity index (χ2v) is 6.82. The van der Waals surface area contributed by atoms with E-state index in [9.17, 15) is 9.18 Å². The minimum atomic E-state index is -0.460. The quantitative estimate of drug-likeness (QED) is 0.841. The van der Waals surface area contributed by atoms with Crippen LogP contribution in [0.1, 0.15) is 17.5 Å². The van der Waals surface area contributed by atoms with Crippen molar-refractivity contribution in [3.63, 3.8) is 0 Å². The molecule has 0 saturated carbocycles. The van der Waals surface area contributed by atoms with Gasteiger partial charge < -0.3 is 15.4 Å². The van der Waals surface area contributed by atoms with Gasteiger partial charge in [-0.3, -0.25) is 4.79 Å². The van der Waals surface area contributed by atoms with Gasteiger partial charge in [-0.2, -0.15) is 0 Å². The van der Waals surface area contributed by atoms with Crippen LogP contribution in [-0.2, 0) is 16.6 Å². The third kappa shape index (κ3) is 3.99. The Bertz CT molecular complexity index is 743. The van der Waals surface area contributed by atoms with Crippen molar-refractivity contribution >= 4 is 5.91 Å². The Morgan fingerprint density at radius 2 is 1.96 bits per heavy atom. The number of amides is 1. The van der Waals surface area contributed by atoms with Crippen LogP contribution < -0.4 is 10.5 Å². The van der Waals surface area contributed by atoms with Crippen LogP contribution in [0.5, 0.6) is 5.75 Å². The first-order valence-electron chi connectivity index (χ1n) is 8.42.